The molecular weight excluding hydrogens is 194 g/mol. The summed E-state index contributed by atoms with van der Waals surface area (Å²) in [5.74, 6) is 2.76. The Labute approximate surface area is 98.5 Å². The summed E-state index contributed by atoms with van der Waals surface area (Å²) >= 11 is 0. The lowest BCUT2D eigenvalue weighted by atomic mass is 10.00. The van der Waals surface area contributed by atoms with Crippen LogP contribution in [0.15, 0.2) is 18.2 Å². The van der Waals surface area contributed by atoms with E-state index in [2.05, 4.69) is 42.9 Å². The lowest BCUT2D eigenvalue weighted by Crippen LogP contribution is -2.23. The first-order valence-electron chi connectivity index (χ1n) is 5.96. The summed E-state index contributed by atoms with van der Waals surface area (Å²) in [6, 6.07) is 7.36. The van der Waals surface area contributed by atoms with Gasteiger partial charge in [0.25, 0.3) is 0 Å². The average Bonchev–Trinajstić information content (AvgIpc) is 2.65. The SMILES string of the molecule is C#CCN1CCCC1c1cc(C)cc(C)c1. The van der Waals surface area contributed by atoms with Crippen LogP contribution in [0.3, 0.4) is 0 Å². The first-order chi connectivity index (χ1) is 7.70. The largest absolute Gasteiger partial charge is 0.285 e. The zero-order chi connectivity index (χ0) is 11.5. The molecule has 0 N–H and O–H groups in total. The first kappa shape index (κ1) is 11.2. The lowest BCUT2D eigenvalue weighted by molar-refractivity contribution is 0.290. The molecule has 1 aromatic rings. The van der Waals surface area contributed by atoms with Crippen LogP contribution in [0.5, 0.6) is 0 Å². The molecule has 1 atom stereocenters. The average molecular weight is 213 g/mol. The summed E-state index contributed by atoms with van der Waals surface area (Å²) in [7, 11) is 0. The number of benzene rings is 1. The van der Waals surface area contributed by atoms with Crippen molar-refractivity contribution in [2.45, 2.75) is 32.7 Å². The molecule has 0 aliphatic carbocycles. The van der Waals surface area contributed by atoms with Crippen molar-refractivity contribution >= 4 is 0 Å². The number of terminal acetylenes is 1. The Morgan fingerprint density at radius 3 is 2.62 bits per heavy atom. The van der Waals surface area contributed by atoms with Crippen molar-refractivity contribution in [2.24, 2.45) is 0 Å². The minimum absolute atomic E-state index is 0.537. The van der Waals surface area contributed by atoms with Crippen molar-refractivity contribution in [3.05, 3.63) is 34.9 Å². The van der Waals surface area contributed by atoms with Gasteiger partial charge in [-0.1, -0.05) is 35.2 Å². The molecule has 1 heterocycles. The van der Waals surface area contributed by atoms with E-state index >= 15 is 0 Å². The second-order valence-corrected chi connectivity index (χ2v) is 4.75. The van der Waals surface area contributed by atoms with Crippen molar-refractivity contribution in [3.8, 4) is 12.3 Å². The zero-order valence-electron chi connectivity index (χ0n) is 10.2. The van der Waals surface area contributed by atoms with Gasteiger partial charge >= 0.3 is 0 Å². The molecule has 0 radical (unpaired) electrons. The van der Waals surface area contributed by atoms with E-state index in [0.717, 1.165) is 13.1 Å². The number of hydrogen-bond acceptors (Lipinski definition) is 1. The van der Waals surface area contributed by atoms with Gasteiger partial charge in [0.1, 0.15) is 0 Å². The molecule has 1 saturated heterocycles. The molecule has 2 rings (SSSR count). The van der Waals surface area contributed by atoms with Gasteiger partial charge in [0.2, 0.25) is 0 Å². The molecule has 1 nitrogen and oxygen atoms in total. The van der Waals surface area contributed by atoms with Crippen LogP contribution in [0.2, 0.25) is 0 Å². The summed E-state index contributed by atoms with van der Waals surface area (Å²) in [5, 5.41) is 0. The van der Waals surface area contributed by atoms with E-state index in [1.807, 2.05) is 0 Å². The van der Waals surface area contributed by atoms with Crippen LogP contribution in [0.25, 0.3) is 0 Å². The van der Waals surface area contributed by atoms with Crippen LogP contribution in [0.4, 0.5) is 0 Å². The number of nitrogens with zero attached hydrogens (tertiary/aromatic N) is 1. The van der Waals surface area contributed by atoms with E-state index in [9.17, 15) is 0 Å². The normalized spacial score (nSPS) is 20.9. The summed E-state index contributed by atoms with van der Waals surface area (Å²) in [6.07, 6.45) is 7.92. The van der Waals surface area contributed by atoms with Crippen LogP contribution in [-0.4, -0.2) is 18.0 Å². The molecule has 0 aromatic heterocycles. The molecule has 84 valence electrons. The van der Waals surface area contributed by atoms with Crippen LogP contribution < -0.4 is 0 Å². The Bertz CT molecular complexity index is 394. The van der Waals surface area contributed by atoms with Crippen molar-refractivity contribution in [1.29, 1.82) is 0 Å². The molecule has 1 aliphatic heterocycles. The maximum atomic E-state index is 5.42. The summed E-state index contributed by atoms with van der Waals surface area (Å²) in [5.41, 5.74) is 4.13. The van der Waals surface area contributed by atoms with E-state index in [1.54, 1.807) is 0 Å². The van der Waals surface area contributed by atoms with Gasteiger partial charge in [-0.25, -0.2) is 0 Å². The topological polar surface area (TPSA) is 3.24 Å². The fourth-order valence-corrected chi connectivity index (χ4v) is 2.71. The molecule has 0 saturated carbocycles. The van der Waals surface area contributed by atoms with Crippen molar-refractivity contribution < 1.29 is 0 Å². The molecule has 0 amide bonds. The molecule has 0 bridgehead atoms. The number of likely N-dealkylation sites (tertiary alicyclic amines) is 1. The van der Waals surface area contributed by atoms with Gasteiger partial charge in [-0.05, 0) is 38.8 Å². The predicted molar refractivity (Wildman–Crippen MR) is 68.3 cm³/mol. The molecular formula is C15H19N. The molecule has 16 heavy (non-hydrogen) atoms. The highest BCUT2D eigenvalue weighted by Gasteiger charge is 2.25. The van der Waals surface area contributed by atoms with Crippen LogP contribution >= 0.6 is 0 Å². The van der Waals surface area contributed by atoms with E-state index in [0.29, 0.717) is 6.04 Å². The Morgan fingerprint density at radius 2 is 2.00 bits per heavy atom. The Morgan fingerprint density at radius 1 is 1.31 bits per heavy atom. The quantitative estimate of drug-likeness (QED) is 0.682. The third-order valence-electron chi connectivity index (χ3n) is 3.29. The molecule has 1 aromatic carbocycles. The van der Waals surface area contributed by atoms with Gasteiger partial charge in [-0.15, -0.1) is 6.42 Å². The summed E-state index contributed by atoms with van der Waals surface area (Å²) in [4.78, 5) is 2.41. The lowest BCUT2D eigenvalue weighted by Gasteiger charge is -2.23. The highest BCUT2D eigenvalue weighted by molar-refractivity contribution is 5.31. The second-order valence-electron chi connectivity index (χ2n) is 4.75. The van der Waals surface area contributed by atoms with Gasteiger partial charge in [-0.2, -0.15) is 0 Å². The Hall–Kier alpha value is -1.26. The van der Waals surface area contributed by atoms with Crippen LogP contribution in [0.1, 0.15) is 35.6 Å². The number of hydrogen-bond donors (Lipinski definition) is 0. The molecule has 1 fully saturated rings. The van der Waals surface area contributed by atoms with Gasteiger partial charge in [0, 0.05) is 6.04 Å². The molecule has 0 spiro atoms. The van der Waals surface area contributed by atoms with E-state index in [-0.39, 0.29) is 0 Å². The van der Waals surface area contributed by atoms with Gasteiger partial charge < -0.3 is 0 Å². The standard InChI is InChI=1S/C15H19N/c1-4-7-16-8-5-6-15(16)14-10-12(2)9-13(3)11-14/h1,9-11,15H,5-8H2,2-3H3. The van der Waals surface area contributed by atoms with Gasteiger partial charge in [0.05, 0.1) is 6.54 Å². The predicted octanol–water partition coefficient (Wildman–Crippen LogP) is 3.07. The molecule has 1 unspecified atom stereocenters. The van der Waals surface area contributed by atoms with Crippen LogP contribution in [-0.2, 0) is 0 Å². The summed E-state index contributed by atoms with van der Waals surface area (Å²) < 4.78 is 0. The van der Waals surface area contributed by atoms with Crippen LogP contribution in [0, 0.1) is 26.2 Å². The maximum Gasteiger partial charge on any atom is 0.0604 e. The summed E-state index contributed by atoms with van der Waals surface area (Å²) in [6.45, 7) is 6.24. The minimum atomic E-state index is 0.537. The van der Waals surface area contributed by atoms with Crippen molar-refractivity contribution in [1.82, 2.24) is 4.90 Å². The highest BCUT2D eigenvalue weighted by Crippen LogP contribution is 2.32. The van der Waals surface area contributed by atoms with E-state index in [4.69, 9.17) is 6.42 Å². The number of rotatable bonds is 2. The Kier molecular flexibility index (Phi) is 3.31. The fraction of sp³-hybridized carbons (Fsp3) is 0.467. The van der Waals surface area contributed by atoms with Gasteiger partial charge in [0.15, 0.2) is 0 Å². The monoisotopic (exact) mass is 213 g/mol. The third-order valence-corrected chi connectivity index (χ3v) is 3.29. The minimum Gasteiger partial charge on any atom is -0.285 e. The van der Waals surface area contributed by atoms with Crippen molar-refractivity contribution in [3.63, 3.8) is 0 Å². The second kappa shape index (κ2) is 4.72. The number of aryl methyl sites for hydroxylation is 2. The Balaban J connectivity index is 2.26. The van der Waals surface area contributed by atoms with Gasteiger partial charge in [-0.3, -0.25) is 4.90 Å². The molecule has 1 heteroatoms. The first-order valence-corrected chi connectivity index (χ1v) is 5.96. The van der Waals surface area contributed by atoms with Crippen molar-refractivity contribution in [2.75, 3.05) is 13.1 Å². The van der Waals surface area contributed by atoms with E-state index in [1.165, 1.54) is 29.5 Å². The molecule has 1 aliphatic rings. The maximum absolute atomic E-state index is 5.42. The smallest absolute Gasteiger partial charge is 0.0604 e. The van der Waals surface area contributed by atoms with E-state index < -0.39 is 0 Å². The zero-order valence-corrected chi connectivity index (χ0v) is 10.2. The fourth-order valence-electron chi connectivity index (χ4n) is 2.71. The highest BCUT2D eigenvalue weighted by atomic mass is 15.2. The third kappa shape index (κ3) is 2.28.